The average Bonchev–Trinajstić information content (AvgIpc) is 3.15. The summed E-state index contributed by atoms with van der Waals surface area (Å²) in [5, 5.41) is 0. The molecule has 1 saturated heterocycles. The number of piperazine rings is 1. The first-order valence-corrected chi connectivity index (χ1v) is 20.2. The van der Waals surface area contributed by atoms with Crippen molar-refractivity contribution in [2.45, 2.75) is 112 Å². The van der Waals surface area contributed by atoms with Crippen LogP contribution in [0.15, 0.2) is 73.4 Å². The summed E-state index contributed by atoms with van der Waals surface area (Å²) in [7, 11) is 1.54. The van der Waals surface area contributed by atoms with Gasteiger partial charge < -0.3 is 20.3 Å². The molecular formula is C47H68FN3O2. The molecular weight excluding hydrogens is 658 g/mol. The summed E-state index contributed by atoms with van der Waals surface area (Å²) in [6.45, 7) is 22.3. The normalized spacial score (nSPS) is 23.3. The number of methoxy groups -OCH3 is 1. The Hall–Kier alpha value is -3.80. The van der Waals surface area contributed by atoms with Crippen LogP contribution in [-0.4, -0.2) is 39.1 Å². The van der Waals surface area contributed by atoms with E-state index in [2.05, 4.69) is 107 Å². The van der Waals surface area contributed by atoms with E-state index in [-0.39, 0.29) is 11.7 Å². The number of nitrogens with two attached hydrogens (primary N) is 1. The molecule has 3 aliphatic carbocycles. The van der Waals surface area contributed by atoms with E-state index < -0.39 is 0 Å². The molecule has 5 nitrogen and oxygen atoms in total. The second-order valence-electron chi connectivity index (χ2n) is 16.4. The number of fused-ring (bicyclic) bond motifs is 2. The summed E-state index contributed by atoms with van der Waals surface area (Å²) < 4.78 is 19.6. The van der Waals surface area contributed by atoms with Gasteiger partial charge in [-0.05, 0) is 135 Å². The Morgan fingerprint density at radius 2 is 1.72 bits per heavy atom. The molecule has 6 heteroatoms. The highest BCUT2D eigenvalue weighted by Crippen LogP contribution is 2.63. The number of rotatable bonds is 12. The van der Waals surface area contributed by atoms with E-state index >= 15 is 0 Å². The third kappa shape index (κ3) is 10.2. The Bertz CT molecular complexity index is 1600. The molecule has 1 aliphatic heterocycles. The molecule has 3 aromatic carbocycles. The van der Waals surface area contributed by atoms with Gasteiger partial charge in [-0.1, -0.05) is 84.2 Å². The lowest BCUT2D eigenvalue weighted by Gasteiger charge is -2.62. The topological polar surface area (TPSA) is 58.8 Å². The number of nitrogens with zero attached hydrogens (tertiary/aromatic N) is 2. The molecule has 6 atom stereocenters. The molecule has 4 fully saturated rings. The highest BCUT2D eigenvalue weighted by Gasteiger charge is 2.55. The fourth-order valence-electron chi connectivity index (χ4n) is 9.40. The molecule has 1 heterocycles. The molecule has 0 radical (unpaired) electrons. The maximum absolute atomic E-state index is 14.5. The van der Waals surface area contributed by atoms with Gasteiger partial charge >= 0.3 is 0 Å². The third-order valence-electron chi connectivity index (χ3n) is 13.0. The quantitative estimate of drug-likeness (QED) is 0.188. The Labute approximate surface area is 321 Å². The van der Waals surface area contributed by atoms with Gasteiger partial charge in [-0.2, -0.15) is 0 Å². The van der Waals surface area contributed by atoms with Crippen LogP contribution >= 0.6 is 0 Å². The number of benzene rings is 3. The van der Waals surface area contributed by atoms with E-state index in [1.54, 1.807) is 19.2 Å². The van der Waals surface area contributed by atoms with Crippen LogP contribution in [0.2, 0.25) is 0 Å². The zero-order chi connectivity index (χ0) is 38.7. The van der Waals surface area contributed by atoms with Crippen molar-refractivity contribution in [3.05, 3.63) is 102 Å². The van der Waals surface area contributed by atoms with Crippen LogP contribution in [0.4, 0.5) is 15.8 Å². The van der Waals surface area contributed by atoms with Gasteiger partial charge in [-0.25, -0.2) is 4.39 Å². The largest absolute Gasteiger partial charge is 0.497 e. The lowest BCUT2D eigenvalue weighted by atomic mass is 9.43. The minimum absolute atomic E-state index is 0.179. The Morgan fingerprint density at radius 1 is 1.02 bits per heavy atom. The second-order valence-corrected chi connectivity index (χ2v) is 16.4. The average molecular weight is 726 g/mol. The van der Waals surface area contributed by atoms with Crippen molar-refractivity contribution in [3.8, 4) is 5.75 Å². The van der Waals surface area contributed by atoms with Gasteiger partial charge in [-0.3, -0.25) is 4.79 Å². The summed E-state index contributed by atoms with van der Waals surface area (Å²) in [5.74, 6) is 4.63. The number of halogens is 1. The van der Waals surface area contributed by atoms with Gasteiger partial charge in [0.1, 0.15) is 17.9 Å². The minimum atomic E-state index is -0.242. The highest BCUT2D eigenvalue weighted by molar-refractivity contribution is 5.79. The number of carbonyl (C=O) groups excluding carboxylic acids is 1. The summed E-state index contributed by atoms with van der Waals surface area (Å²) in [5.41, 5.74) is 11.5. The standard InChI is InChI=1S/C31H37FN2O2.C14H26.C2H5N/c1-5-24(8-9-25-11-15-29(36-4)19-31(25)32)30-18-28(14-10-26(30)21-35)33-16-17-34(23(3)20-33)27-12-6-22(2)7-13-27;1-5-6-7-11-8-12-9-13(10(11)2)14(12,3)4;1-2-3/h6-7,10-15,18-19,21,23-24H,5,8-9,16-17,20H2,1-4H3;10-13H,5-9H2,1-4H3;2H,1,3H2. The van der Waals surface area contributed by atoms with Crippen LogP contribution < -0.4 is 20.3 Å². The van der Waals surface area contributed by atoms with E-state index in [1.165, 1.54) is 55.6 Å². The van der Waals surface area contributed by atoms with Gasteiger partial charge in [0.2, 0.25) is 0 Å². The van der Waals surface area contributed by atoms with E-state index in [1.807, 2.05) is 6.07 Å². The molecule has 2 bridgehead atoms. The number of hydrogen-bond acceptors (Lipinski definition) is 5. The van der Waals surface area contributed by atoms with Crippen molar-refractivity contribution < 1.29 is 13.9 Å². The van der Waals surface area contributed by atoms with E-state index in [0.717, 1.165) is 79.2 Å². The van der Waals surface area contributed by atoms with Gasteiger partial charge in [0.25, 0.3) is 0 Å². The predicted molar refractivity (Wildman–Crippen MR) is 223 cm³/mol. The van der Waals surface area contributed by atoms with Crippen molar-refractivity contribution in [1.29, 1.82) is 0 Å². The first-order chi connectivity index (χ1) is 25.4. The molecule has 7 rings (SSSR count). The van der Waals surface area contributed by atoms with Crippen LogP contribution in [-0.2, 0) is 6.42 Å². The van der Waals surface area contributed by atoms with Gasteiger partial charge in [0.15, 0.2) is 0 Å². The number of hydrogen-bond donors (Lipinski definition) is 1. The van der Waals surface area contributed by atoms with Crippen LogP contribution in [0.5, 0.6) is 5.75 Å². The molecule has 3 aromatic rings. The van der Waals surface area contributed by atoms with Crippen LogP contribution in [0.1, 0.15) is 119 Å². The molecule has 0 spiro atoms. The number of carbonyl (C=O) groups is 1. The number of anilines is 2. The zero-order valence-electron chi connectivity index (χ0n) is 34.0. The highest BCUT2D eigenvalue weighted by atomic mass is 19.1. The van der Waals surface area contributed by atoms with Gasteiger partial charge in [0, 0.05) is 48.7 Å². The van der Waals surface area contributed by atoms with Crippen LogP contribution in [0.25, 0.3) is 0 Å². The first-order valence-electron chi connectivity index (χ1n) is 20.2. The van der Waals surface area contributed by atoms with Crippen molar-refractivity contribution in [3.63, 3.8) is 0 Å². The lowest BCUT2D eigenvalue weighted by Crippen LogP contribution is -2.54. The molecule has 290 valence electrons. The van der Waals surface area contributed by atoms with Crippen LogP contribution in [0.3, 0.4) is 0 Å². The van der Waals surface area contributed by atoms with E-state index in [9.17, 15) is 9.18 Å². The number of unbranched alkanes of at least 4 members (excludes halogenated alkanes) is 1. The Balaban J connectivity index is 0.000000304. The fourth-order valence-corrected chi connectivity index (χ4v) is 9.40. The minimum Gasteiger partial charge on any atom is -0.497 e. The molecule has 3 saturated carbocycles. The monoisotopic (exact) mass is 726 g/mol. The smallest absolute Gasteiger partial charge is 0.150 e. The van der Waals surface area contributed by atoms with Crippen molar-refractivity contribution in [2.24, 2.45) is 34.8 Å². The number of aldehydes is 1. The number of aryl methyl sites for hydroxylation is 2. The van der Waals surface area contributed by atoms with Crippen molar-refractivity contribution in [1.82, 2.24) is 0 Å². The maximum atomic E-state index is 14.5. The molecule has 0 aromatic heterocycles. The van der Waals surface area contributed by atoms with Crippen molar-refractivity contribution in [2.75, 3.05) is 36.5 Å². The Morgan fingerprint density at radius 3 is 2.28 bits per heavy atom. The van der Waals surface area contributed by atoms with Crippen LogP contribution in [0, 0.1) is 41.8 Å². The van der Waals surface area contributed by atoms with Gasteiger partial charge in [0.05, 0.1) is 7.11 Å². The fraction of sp³-hybridized carbons (Fsp3) is 0.553. The Kier molecular flexibility index (Phi) is 15.4. The third-order valence-corrected chi connectivity index (χ3v) is 13.0. The SMILES string of the molecule is C=CN.CCC(CCc1ccc(OC)cc1F)c1cc(N2CCN(c3ccc(C)cc3)C(C)C2)ccc1C=O.CCCCC1CC2CC(C1C)C2(C)C. The van der Waals surface area contributed by atoms with Gasteiger partial charge in [-0.15, -0.1) is 0 Å². The lowest BCUT2D eigenvalue weighted by molar-refractivity contribution is -0.130. The molecule has 0 amide bonds. The second kappa shape index (κ2) is 19.5. The summed E-state index contributed by atoms with van der Waals surface area (Å²) in [4.78, 5) is 16.8. The molecule has 4 aliphatic rings. The zero-order valence-corrected chi connectivity index (χ0v) is 34.0. The van der Waals surface area contributed by atoms with Crippen molar-refractivity contribution >= 4 is 17.7 Å². The summed E-state index contributed by atoms with van der Waals surface area (Å²) in [6.07, 6.45) is 11.9. The number of ether oxygens (including phenoxy) is 1. The maximum Gasteiger partial charge on any atom is 0.150 e. The van der Waals surface area contributed by atoms with E-state index in [0.29, 0.717) is 29.2 Å². The summed E-state index contributed by atoms with van der Waals surface area (Å²) in [6, 6.07) is 20.4. The molecule has 53 heavy (non-hydrogen) atoms. The van der Waals surface area contributed by atoms with E-state index in [4.69, 9.17) is 4.74 Å². The summed E-state index contributed by atoms with van der Waals surface area (Å²) >= 11 is 0. The molecule has 2 N–H and O–H groups in total. The molecule has 6 unspecified atom stereocenters. The first kappa shape index (κ1) is 41.9. The predicted octanol–water partition coefficient (Wildman–Crippen LogP) is 11.4.